The summed E-state index contributed by atoms with van der Waals surface area (Å²) in [7, 11) is 1.71. The Morgan fingerprint density at radius 1 is 1.25 bits per heavy atom. The Labute approximate surface area is 123 Å². The molecular weight excluding hydrogens is 254 g/mol. The van der Waals surface area contributed by atoms with Gasteiger partial charge < -0.3 is 19.5 Å². The molecule has 2 aliphatic rings. The third-order valence-electron chi connectivity index (χ3n) is 4.67. The van der Waals surface area contributed by atoms with Gasteiger partial charge in [-0.3, -0.25) is 0 Å². The molecule has 1 N–H and O–H groups in total. The van der Waals surface area contributed by atoms with E-state index in [9.17, 15) is 0 Å². The minimum absolute atomic E-state index is 0.349. The first-order chi connectivity index (χ1) is 9.82. The quantitative estimate of drug-likeness (QED) is 0.591. The molecule has 0 amide bonds. The Hall–Kier alpha value is -0.160. The van der Waals surface area contributed by atoms with Gasteiger partial charge in [-0.2, -0.15) is 0 Å². The molecule has 4 nitrogen and oxygen atoms in total. The average Bonchev–Trinajstić information content (AvgIpc) is 3.22. The normalized spacial score (nSPS) is 30.0. The second kappa shape index (κ2) is 8.32. The van der Waals surface area contributed by atoms with Gasteiger partial charge in [0.2, 0.25) is 0 Å². The topological polar surface area (TPSA) is 39.7 Å². The van der Waals surface area contributed by atoms with E-state index >= 15 is 0 Å². The van der Waals surface area contributed by atoms with Crippen molar-refractivity contribution in [2.45, 2.75) is 45.1 Å². The van der Waals surface area contributed by atoms with Gasteiger partial charge >= 0.3 is 0 Å². The molecule has 1 heterocycles. The van der Waals surface area contributed by atoms with E-state index in [0.29, 0.717) is 24.7 Å². The predicted octanol–water partition coefficient (Wildman–Crippen LogP) is 2.22. The van der Waals surface area contributed by atoms with Gasteiger partial charge in [0.25, 0.3) is 0 Å². The van der Waals surface area contributed by atoms with Crippen molar-refractivity contribution < 1.29 is 14.2 Å². The first kappa shape index (κ1) is 16.2. The Bertz CT molecular complexity index is 270. The lowest BCUT2D eigenvalue weighted by Gasteiger charge is -2.35. The summed E-state index contributed by atoms with van der Waals surface area (Å²) in [6.45, 7) is 7.51. The molecule has 20 heavy (non-hydrogen) atoms. The van der Waals surface area contributed by atoms with Gasteiger partial charge in [-0.1, -0.05) is 6.92 Å². The number of hydrogen-bond donors (Lipinski definition) is 1. The number of hydrogen-bond acceptors (Lipinski definition) is 4. The molecule has 1 aliphatic carbocycles. The van der Waals surface area contributed by atoms with Crippen molar-refractivity contribution >= 4 is 0 Å². The molecule has 1 saturated heterocycles. The van der Waals surface area contributed by atoms with E-state index in [1.807, 2.05) is 0 Å². The lowest BCUT2D eigenvalue weighted by molar-refractivity contribution is 0.0177. The molecule has 1 aliphatic heterocycles. The van der Waals surface area contributed by atoms with Crippen LogP contribution in [0.1, 0.15) is 39.0 Å². The molecule has 2 atom stereocenters. The summed E-state index contributed by atoms with van der Waals surface area (Å²) in [6.07, 6.45) is 6.77. The maximum Gasteiger partial charge on any atom is 0.0700 e. The fourth-order valence-corrected chi connectivity index (χ4v) is 3.43. The first-order valence-corrected chi connectivity index (χ1v) is 8.21. The molecule has 1 saturated carbocycles. The van der Waals surface area contributed by atoms with Crippen LogP contribution in [0.2, 0.25) is 0 Å². The maximum absolute atomic E-state index is 6.08. The van der Waals surface area contributed by atoms with E-state index < -0.39 is 0 Å². The minimum Gasteiger partial charge on any atom is -0.382 e. The predicted molar refractivity (Wildman–Crippen MR) is 80.0 cm³/mol. The van der Waals surface area contributed by atoms with Crippen LogP contribution < -0.4 is 5.32 Å². The standard InChI is InChI=1S/C16H31NO3/c1-3-17-13-16(7-4-9-19-12-11-18-2)8-10-20-15(16)14-5-6-14/h14-15,17H,3-13H2,1-2H3. The van der Waals surface area contributed by atoms with Crippen LogP contribution in [0.15, 0.2) is 0 Å². The summed E-state index contributed by atoms with van der Waals surface area (Å²) in [5.74, 6) is 0.825. The summed E-state index contributed by atoms with van der Waals surface area (Å²) in [6, 6.07) is 0. The second-order valence-electron chi connectivity index (χ2n) is 6.23. The van der Waals surface area contributed by atoms with E-state index in [1.54, 1.807) is 7.11 Å². The zero-order valence-corrected chi connectivity index (χ0v) is 13.2. The van der Waals surface area contributed by atoms with Gasteiger partial charge in [0.05, 0.1) is 19.3 Å². The Morgan fingerprint density at radius 3 is 2.80 bits per heavy atom. The molecule has 4 heteroatoms. The van der Waals surface area contributed by atoms with Crippen molar-refractivity contribution in [3.8, 4) is 0 Å². The highest BCUT2D eigenvalue weighted by Gasteiger charge is 2.50. The molecule has 2 rings (SSSR count). The molecule has 0 aromatic rings. The van der Waals surface area contributed by atoms with Crippen molar-refractivity contribution in [1.29, 1.82) is 0 Å². The zero-order chi connectivity index (χ0) is 14.3. The number of rotatable bonds is 11. The van der Waals surface area contributed by atoms with Gasteiger partial charge in [-0.05, 0) is 44.6 Å². The fourth-order valence-electron chi connectivity index (χ4n) is 3.43. The smallest absolute Gasteiger partial charge is 0.0700 e. The molecule has 0 radical (unpaired) electrons. The van der Waals surface area contributed by atoms with Gasteiger partial charge in [-0.15, -0.1) is 0 Å². The lowest BCUT2D eigenvalue weighted by atomic mass is 9.75. The van der Waals surface area contributed by atoms with Crippen LogP contribution in [-0.4, -0.2) is 52.7 Å². The molecule has 2 fully saturated rings. The highest BCUT2D eigenvalue weighted by Crippen LogP contribution is 2.49. The molecule has 2 unspecified atom stereocenters. The van der Waals surface area contributed by atoms with Crippen LogP contribution in [0.5, 0.6) is 0 Å². The summed E-state index contributed by atoms with van der Waals surface area (Å²) in [5, 5.41) is 3.56. The zero-order valence-electron chi connectivity index (χ0n) is 13.2. The lowest BCUT2D eigenvalue weighted by Crippen LogP contribution is -2.42. The van der Waals surface area contributed by atoms with Crippen LogP contribution in [0.3, 0.4) is 0 Å². The molecule has 0 aromatic heterocycles. The van der Waals surface area contributed by atoms with E-state index in [1.165, 1.54) is 25.7 Å². The summed E-state index contributed by atoms with van der Waals surface area (Å²) in [5.41, 5.74) is 0.349. The maximum atomic E-state index is 6.08. The van der Waals surface area contributed by atoms with Crippen molar-refractivity contribution in [2.24, 2.45) is 11.3 Å². The third-order valence-corrected chi connectivity index (χ3v) is 4.67. The van der Waals surface area contributed by atoms with Crippen LogP contribution in [0.25, 0.3) is 0 Å². The Kier molecular flexibility index (Phi) is 6.75. The van der Waals surface area contributed by atoms with Crippen LogP contribution in [-0.2, 0) is 14.2 Å². The molecule has 0 aromatic carbocycles. The first-order valence-electron chi connectivity index (χ1n) is 8.21. The van der Waals surface area contributed by atoms with Gasteiger partial charge in [-0.25, -0.2) is 0 Å². The van der Waals surface area contributed by atoms with Crippen LogP contribution in [0.4, 0.5) is 0 Å². The minimum atomic E-state index is 0.349. The molecular formula is C16H31NO3. The van der Waals surface area contributed by atoms with E-state index in [2.05, 4.69) is 12.2 Å². The summed E-state index contributed by atoms with van der Waals surface area (Å²) >= 11 is 0. The monoisotopic (exact) mass is 285 g/mol. The van der Waals surface area contributed by atoms with E-state index in [0.717, 1.165) is 38.6 Å². The van der Waals surface area contributed by atoms with Crippen molar-refractivity contribution in [3.63, 3.8) is 0 Å². The van der Waals surface area contributed by atoms with Crippen LogP contribution >= 0.6 is 0 Å². The summed E-state index contributed by atoms with van der Waals surface area (Å²) < 4.78 is 16.7. The molecule has 0 bridgehead atoms. The summed E-state index contributed by atoms with van der Waals surface area (Å²) in [4.78, 5) is 0. The van der Waals surface area contributed by atoms with E-state index in [-0.39, 0.29) is 0 Å². The SMILES string of the molecule is CCNCC1(CCCOCCOC)CCOC1C1CC1. The third kappa shape index (κ3) is 4.42. The largest absolute Gasteiger partial charge is 0.382 e. The number of ether oxygens (including phenoxy) is 3. The van der Waals surface area contributed by atoms with Gasteiger partial charge in [0, 0.05) is 32.3 Å². The van der Waals surface area contributed by atoms with Crippen molar-refractivity contribution in [2.75, 3.05) is 46.6 Å². The van der Waals surface area contributed by atoms with Crippen molar-refractivity contribution in [1.82, 2.24) is 5.32 Å². The Balaban J connectivity index is 1.77. The van der Waals surface area contributed by atoms with Gasteiger partial charge in [0.15, 0.2) is 0 Å². The number of methoxy groups -OCH3 is 1. The fraction of sp³-hybridized carbons (Fsp3) is 1.00. The van der Waals surface area contributed by atoms with Crippen LogP contribution in [0, 0.1) is 11.3 Å². The number of nitrogens with one attached hydrogen (secondary N) is 1. The van der Waals surface area contributed by atoms with Crippen molar-refractivity contribution in [3.05, 3.63) is 0 Å². The second-order valence-corrected chi connectivity index (χ2v) is 6.23. The highest BCUT2D eigenvalue weighted by atomic mass is 16.5. The van der Waals surface area contributed by atoms with Gasteiger partial charge in [0.1, 0.15) is 0 Å². The molecule has 0 spiro atoms. The Morgan fingerprint density at radius 2 is 2.10 bits per heavy atom. The average molecular weight is 285 g/mol. The highest BCUT2D eigenvalue weighted by molar-refractivity contribution is 5.00. The molecule has 118 valence electrons. The van der Waals surface area contributed by atoms with E-state index in [4.69, 9.17) is 14.2 Å².